The molecule has 2 N–H and O–H groups in total. The Hall–Kier alpha value is -1.03. The van der Waals surface area contributed by atoms with E-state index >= 15 is 0 Å². The fourth-order valence-corrected chi connectivity index (χ4v) is 3.37. The molecular weight excluding hydrogens is 278 g/mol. The predicted octanol–water partition coefficient (Wildman–Crippen LogP) is 4.57. The van der Waals surface area contributed by atoms with Crippen molar-refractivity contribution in [2.45, 2.75) is 33.4 Å². The zero-order valence-electron chi connectivity index (χ0n) is 11.3. The summed E-state index contributed by atoms with van der Waals surface area (Å²) in [7, 11) is 0. The van der Waals surface area contributed by atoms with Crippen molar-refractivity contribution in [1.29, 1.82) is 0 Å². The molecule has 0 fully saturated rings. The first-order chi connectivity index (χ1) is 8.99. The molecule has 4 heteroatoms. The lowest BCUT2D eigenvalue weighted by Crippen LogP contribution is -2.18. The lowest BCUT2D eigenvalue weighted by molar-refractivity contribution is 0.460. The number of nitrogens with one attached hydrogen (secondary N) is 1. The molecular formula is C15H18ClNOS. The molecule has 0 bridgehead atoms. The van der Waals surface area contributed by atoms with Crippen LogP contribution in [0.15, 0.2) is 24.3 Å². The number of halogens is 1. The third-order valence-corrected chi connectivity index (χ3v) is 4.50. The molecule has 0 saturated heterocycles. The van der Waals surface area contributed by atoms with E-state index in [1.54, 1.807) is 6.07 Å². The highest BCUT2D eigenvalue weighted by Crippen LogP contribution is 2.29. The van der Waals surface area contributed by atoms with E-state index < -0.39 is 0 Å². The maximum absolute atomic E-state index is 9.87. The van der Waals surface area contributed by atoms with Gasteiger partial charge in [0.25, 0.3) is 0 Å². The largest absolute Gasteiger partial charge is 0.506 e. The normalized spacial score (nSPS) is 12.6. The molecule has 1 heterocycles. The number of aromatic hydroxyl groups is 1. The van der Waals surface area contributed by atoms with Gasteiger partial charge in [-0.05, 0) is 38.5 Å². The Morgan fingerprint density at radius 1 is 1.37 bits per heavy atom. The summed E-state index contributed by atoms with van der Waals surface area (Å²) in [6.07, 6.45) is 0. The standard InChI is InChI=1S/C15H18ClNOS/c1-9-7-13(11(3)19-9)10(2)17-8-12-5-4-6-14(16)15(12)18/h4-7,10,17-18H,8H2,1-3H3. The Bertz CT molecular complexity index is 580. The SMILES string of the molecule is Cc1cc(C(C)NCc2cccc(Cl)c2O)c(C)s1. The summed E-state index contributed by atoms with van der Waals surface area (Å²) in [5.74, 6) is 0.169. The van der Waals surface area contributed by atoms with Gasteiger partial charge >= 0.3 is 0 Å². The number of para-hydroxylation sites is 1. The van der Waals surface area contributed by atoms with Gasteiger partial charge in [-0.1, -0.05) is 23.7 Å². The van der Waals surface area contributed by atoms with Crippen molar-refractivity contribution in [2.24, 2.45) is 0 Å². The van der Waals surface area contributed by atoms with Crippen LogP contribution in [0.3, 0.4) is 0 Å². The lowest BCUT2D eigenvalue weighted by Gasteiger charge is -2.15. The lowest BCUT2D eigenvalue weighted by atomic mass is 10.1. The smallest absolute Gasteiger partial charge is 0.138 e. The van der Waals surface area contributed by atoms with Crippen LogP contribution in [0.5, 0.6) is 5.75 Å². The van der Waals surface area contributed by atoms with E-state index in [0.29, 0.717) is 11.6 Å². The Balaban J connectivity index is 2.06. The fourth-order valence-electron chi connectivity index (χ4n) is 2.16. The second kappa shape index (κ2) is 5.95. The minimum atomic E-state index is 0.169. The topological polar surface area (TPSA) is 32.3 Å². The molecule has 0 spiro atoms. The van der Waals surface area contributed by atoms with Crippen LogP contribution in [-0.4, -0.2) is 5.11 Å². The van der Waals surface area contributed by atoms with Crippen LogP contribution in [0.4, 0.5) is 0 Å². The molecule has 0 aliphatic carbocycles. The van der Waals surface area contributed by atoms with Crippen molar-refractivity contribution < 1.29 is 5.11 Å². The first kappa shape index (κ1) is 14.4. The monoisotopic (exact) mass is 295 g/mol. The third-order valence-electron chi connectivity index (χ3n) is 3.21. The van der Waals surface area contributed by atoms with Crippen molar-refractivity contribution in [1.82, 2.24) is 5.32 Å². The first-order valence-electron chi connectivity index (χ1n) is 6.25. The van der Waals surface area contributed by atoms with Crippen molar-refractivity contribution in [3.63, 3.8) is 0 Å². The van der Waals surface area contributed by atoms with Gasteiger partial charge in [-0.2, -0.15) is 0 Å². The molecule has 0 saturated carbocycles. The summed E-state index contributed by atoms with van der Waals surface area (Å²) in [4.78, 5) is 2.67. The van der Waals surface area contributed by atoms with E-state index in [2.05, 4.69) is 32.2 Å². The highest BCUT2D eigenvalue weighted by Gasteiger charge is 2.12. The van der Waals surface area contributed by atoms with Crippen molar-refractivity contribution >= 4 is 22.9 Å². The van der Waals surface area contributed by atoms with Gasteiger partial charge in [-0.3, -0.25) is 0 Å². The van der Waals surface area contributed by atoms with Gasteiger partial charge in [0.1, 0.15) is 5.75 Å². The zero-order chi connectivity index (χ0) is 14.0. The molecule has 0 radical (unpaired) electrons. The van der Waals surface area contributed by atoms with Gasteiger partial charge in [0.05, 0.1) is 5.02 Å². The molecule has 2 rings (SSSR count). The summed E-state index contributed by atoms with van der Waals surface area (Å²) < 4.78 is 0. The Labute approximate surface area is 123 Å². The number of thiophene rings is 1. The Kier molecular flexibility index (Phi) is 4.50. The number of benzene rings is 1. The van der Waals surface area contributed by atoms with Gasteiger partial charge in [0, 0.05) is 27.9 Å². The summed E-state index contributed by atoms with van der Waals surface area (Å²) in [5, 5.41) is 13.7. The fraction of sp³-hybridized carbons (Fsp3) is 0.333. The quantitative estimate of drug-likeness (QED) is 0.865. The molecule has 1 aromatic heterocycles. The highest BCUT2D eigenvalue weighted by atomic mass is 35.5. The molecule has 1 unspecified atom stereocenters. The third kappa shape index (κ3) is 3.30. The van der Waals surface area contributed by atoms with Gasteiger partial charge < -0.3 is 10.4 Å². The summed E-state index contributed by atoms with van der Waals surface area (Å²) in [6.45, 7) is 7.00. The van der Waals surface area contributed by atoms with Gasteiger partial charge in [-0.25, -0.2) is 0 Å². The van der Waals surface area contributed by atoms with E-state index in [1.165, 1.54) is 15.3 Å². The van der Waals surface area contributed by atoms with E-state index in [0.717, 1.165) is 5.56 Å². The summed E-state index contributed by atoms with van der Waals surface area (Å²) in [5.41, 5.74) is 2.15. The second-order valence-electron chi connectivity index (χ2n) is 4.72. The van der Waals surface area contributed by atoms with Crippen LogP contribution in [0, 0.1) is 13.8 Å². The minimum absolute atomic E-state index is 0.169. The van der Waals surface area contributed by atoms with Gasteiger partial charge in [0.2, 0.25) is 0 Å². The molecule has 1 atom stereocenters. The van der Waals surface area contributed by atoms with Gasteiger partial charge in [0.15, 0.2) is 0 Å². The average Bonchev–Trinajstić information content (AvgIpc) is 2.70. The van der Waals surface area contributed by atoms with Crippen LogP contribution in [0.2, 0.25) is 5.02 Å². The molecule has 2 aromatic rings. The van der Waals surface area contributed by atoms with Crippen molar-refractivity contribution in [2.75, 3.05) is 0 Å². The number of hydrogen-bond acceptors (Lipinski definition) is 3. The Morgan fingerprint density at radius 2 is 2.11 bits per heavy atom. The number of phenols is 1. The molecule has 102 valence electrons. The maximum Gasteiger partial charge on any atom is 0.138 e. The zero-order valence-corrected chi connectivity index (χ0v) is 12.9. The summed E-state index contributed by atoms with van der Waals surface area (Å²) in [6, 6.07) is 7.89. The van der Waals surface area contributed by atoms with Crippen LogP contribution in [-0.2, 0) is 6.54 Å². The predicted molar refractivity (Wildman–Crippen MR) is 82.2 cm³/mol. The van der Waals surface area contributed by atoms with Crippen LogP contribution >= 0.6 is 22.9 Å². The molecule has 1 aromatic carbocycles. The molecule has 0 aliphatic heterocycles. The van der Waals surface area contributed by atoms with Crippen LogP contribution < -0.4 is 5.32 Å². The molecule has 2 nitrogen and oxygen atoms in total. The van der Waals surface area contributed by atoms with E-state index in [1.807, 2.05) is 23.5 Å². The average molecular weight is 296 g/mol. The minimum Gasteiger partial charge on any atom is -0.506 e. The van der Waals surface area contributed by atoms with Crippen LogP contribution in [0.25, 0.3) is 0 Å². The number of hydrogen-bond donors (Lipinski definition) is 2. The van der Waals surface area contributed by atoms with Crippen LogP contribution in [0.1, 0.15) is 33.8 Å². The summed E-state index contributed by atoms with van der Waals surface area (Å²) >= 11 is 7.71. The number of aryl methyl sites for hydroxylation is 2. The molecule has 0 aliphatic rings. The van der Waals surface area contributed by atoms with Crippen molar-refractivity contribution in [3.8, 4) is 5.75 Å². The van der Waals surface area contributed by atoms with Gasteiger partial charge in [-0.15, -0.1) is 11.3 Å². The number of rotatable bonds is 4. The van der Waals surface area contributed by atoms with E-state index in [9.17, 15) is 5.11 Å². The van der Waals surface area contributed by atoms with E-state index in [-0.39, 0.29) is 11.8 Å². The highest BCUT2D eigenvalue weighted by molar-refractivity contribution is 7.12. The molecule has 19 heavy (non-hydrogen) atoms. The van der Waals surface area contributed by atoms with E-state index in [4.69, 9.17) is 11.6 Å². The molecule has 0 amide bonds. The second-order valence-corrected chi connectivity index (χ2v) is 6.59. The maximum atomic E-state index is 9.87. The first-order valence-corrected chi connectivity index (χ1v) is 7.45. The van der Waals surface area contributed by atoms with Crippen molar-refractivity contribution in [3.05, 3.63) is 50.2 Å². The Morgan fingerprint density at radius 3 is 2.74 bits per heavy atom. The number of phenolic OH excluding ortho intramolecular Hbond substituents is 1.